The number of nitrogens with zero attached hydrogens (tertiary/aromatic N) is 4. The summed E-state index contributed by atoms with van der Waals surface area (Å²) in [5, 5.41) is 0.768. The van der Waals surface area contributed by atoms with E-state index in [1.807, 2.05) is 6.33 Å². The van der Waals surface area contributed by atoms with Gasteiger partial charge in [-0.25, -0.2) is 15.0 Å². The summed E-state index contributed by atoms with van der Waals surface area (Å²) in [6.45, 7) is 24.1. The Bertz CT molecular complexity index is 1040. The first-order valence-electron chi connectivity index (χ1n) is 12.1. The molecule has 33 heavy (non-hydrogen) atoms. The summed E-state index contributed by atoms with van der Waals surface area (Å²) in [6, 6.07) is 0.291. The Morgan fingerprint density at radius 1 is 1.03 bits per heavy atom. The topological polar surface area (TPSA) is 62.1 Å². The molecule has 2 unspecified atom stereocenters. The first-order valence-corrected chi connectivity index (χ1v) is 18.3. The van der Waals surface area contributed by atoms with Crippen molar-refractivity contribution in [3.63, 3.8) is 0 Å². The minimum absolute atomic E-state index is 0.0725. The lowest BCUT2D eigenvalue weighted by molar-refractivity contribution is 0.0713. The van der Waals surface area contributed by atoms with Crippen LogP contribution in [0.25, 0.3) is 11.2 Å². The zero-order chi connectivity index (χ0) is 24.6. The molecule has 0 aromatic carbocycles. The minimum atomic E-state index is -1.94. The Morgan fingerprint density at radius 3 is 2.27 bits per heavy atom. The molecule has 0 spiro atoms. The van der Waals surface area contributed by atoms with E-state index in [0.717, 1.165) is 25.1 Å². The second-order valence-corrected chi connectivity index (χ2v) is 23.2. The number of rotatable bonds is 6. The van der Waals surface area contributed by atoms with Crippen molar-refractivity contribution in [2.75, 3.05) is 6.61 Å². The van der Waals surface area contributed by atoms with Crippen LogP contribution in [-0.4, -0.2) is 48.9 Å². The van der Waals surface area contributed by atoms with Crippen LogP contribution in [0.2, 0.25) is 41.4 Å². The van der Waals surface area contributed by atoms with E-state index < -0.39 is 16.6 Å². The zero-order valence-corrected chi connectivity index (χ0v) is 24.7. The van der Waals surface area contributed by atoms with Crippen molar-refractivity contribution in [1.29, 1.82) is 0 Å². The van der Waals surface area contributed by atoms with Gasteiger partial charge in [0, 0.05) is 18.1 Å². The van der Waals surface area contributed by atoms with Crippen molar-refractivity contribution in [2.45, 2.75) is 103 Å². The molecule has 0 aliphatic heterocycles. The number of hydrogen-bond acceptors (Lipinski definition) is 5. The number of imidazole rings is 1. The first-order chi connectivity index (χ1) is 15.0. The molecule has 0 bridgehead atoms. The van der Waals surface area contributed by atoms with Gasteiger partial charge in [-0.3, -0.25) is 0 Å². The van der Waals surface area contributed by atoms with Crippen molar-refractivity contribution in [3.8, 4) is 0 Å². The van der Waals surface area contributed by atoms with Gasteiger partial charge in [0.25, 0.3) is 0 Å². The molecule has 0 N–H and O–H groups in total. The molecular formula is C24H41ClN4O2Si2. The molecule has 2 saturated carbocycles. The van der Waals surface area contributed by atoms with Crippen LogP contribution in [0.3, 0.4) is 0 Å². The van der Waals surface area contributed by atoms with Gasteiger partial charge in [-0.15, -0.1) is 0 Å². The van der Waals surface area contributed by atoms with E-state index in [-0.39, 0.29) is 21.6 Å². The van der Waals surface area contributed by atoms with E-state index in [9.17, 15) is 0 Å². The molecule has 4 rings (SSSR count). The predicted molar refractivity (Wildman–Crippen MR) is 140 cm³/mol. The normalized spacial score (nSPS) is 28.4. The van der Waals surface area contributed by atoms with Crippen LogP contribution >= 0.6 is 11.6 Å². The highest BCUT2D eigenvalue weighted by atomic mass is 35.5. The lowest BCUT2D eigenvalue weighted by Gasteiger charge is -2.42. The molecular weight excluding hydrogens is 468 g/mol. The predicted octanol–water partition coefficient (Wildman–Crippen LogP) is 6.84. The molecule has 4 atom stereocenters. The maximum atomic E-state index is 7.12. The SMILES string of the molecule is CC(C)(C)[Si](C)(C)OC[C@@]12C[C@@H]1C(n1cnc3c(Cl)ncnc31)CC2O[Si](C)(C)C(C)(C)C. The quantitative estimate of drug-likeness (QED) is 0.315. The van der Waals surface area contributed by atoms with Crippen molar-refractivity contribution in [1.82, 2.24) is 19.5 Å². The second-order valence-electron chi connectivity index (χ2n) is 13.3. The monoisotopic (exact) mass is 508 g/mol. The summed E-state index contributed by atoms with van der Waals surface area (Å²) in [7, 11) is -3.79. The lowest BCUT2D eigenvalue weighted by atomic mass is 10.0. The third kappa shape index (κ3) is 4.24. The molecule has 184 valence electrons. The van der Waals surface area contributed by atoms with E-state index >= 15 is 0 Å². The molecule has 2 aliphatic carbocycles. The van der Waals surface area contributed by atoms with Crippen LogP contribution in [0.15, 0.2) is 12.7 Å². The maximum Gasteiger partial charge on any atom is 0.192 e. The van der Waals surface area contributed by atoms with Crippen LogP contribution in [0, 0.1) is 11.3 Å². The summed E-state index contributed by atoms with van der Waals surface area (Å²) in [5.74, 6) is 0.503. The van der Waals surface area contributed by atoms with Gasteiger partial charge in [0.2, 0.25) is 0 Å². The molecule has 9 heteroatoms. The van der Waals surface area contributed by atoms with Crippen LogP contribution in [0.5, 0.6) is 0 Å². The molecule has 2 fully saturated rings. The molecule has 0 radical (unpaired) electrons. The van der Waals surface area contributed by atoms with Gasteiger partial charge in [0.1, 0.15) is 11.8 Å². The highest BCUT2D eigenvalue weighted by molar-refractivity contribution is 6.74. The lowest BCUT2D eigenvalue weighted by Crippen LogP contribution is -2.48. The van der Waals surface area contributed by atoms with Crippen molar-refractivity contribution >= 4 is 39.4 Å². The summed E-state index contributed by atoms with van der Waals surface area (Å²) in [6.07, 6.45) is 5.70. The molecule has 2 heterocycles. The highest BCUT2D eigenvalue weighted by Crippen LogP contribution is 2.69. The number of aromatic nitrogens is 4. The Morgan fingerprint density at radius 2 is 1.67 bits per heavy atom. The Balaban J connectivity index is 1.66. The van der Waals surface area contributed by atoms with E-state index in [1.54, 1.807) is 0 Å². The van der Waals surface area contributed by atoms with Gasteiger partial charge in [-0.1, -0.05) is 53.1 Å². The Hall–Kier alpha value is -0.806. The van der Waals surface area contributed by atoms with E-state index in [0.29, 0.717) is 22.6 Å². The average molecular weight is 509 g/mol. The molecule has 6 nitrogen and oxygen atoms in total. The van der Waals surface area contributed by atoms with Gasteiger partial charge in [-0.05, 0) is 55.0 Å². The van der Waals surface area contributed by atoms with Gasteiger partial charge < -0.3 is 13.4 Å². The molecule has 0 amide bonds. The van der Waals surface area contributed by atoms with Crippen LogP contribution in [0.4, 0.5) is 0 Å². The Kier molecular flexibility index (Phi) is 6.02. The van der Waals surface area contributed by atoms with Crippen molar-refractivity contribution < 1.29 is 8.85 Å². The number of fused-ring (bicyclic) bond motifs is 2. The maximum absolute atomic E-state index is 7.12. The van der Waals surface area contributed by atoms with E-state index in [1.165, 1.54) is 6.33 Å². The molecule has 2 aromatic rings. The smallest absolute Gasteiger partial charge is 0.192 e. The van der Waals surface area contributed by atoms with Crippen molar-refractivity contribution in [3.05, 3.63) is 17.8 Å². The summed E-state index contributed by atoms with van der Waals surface area (Å²) >= 11 is 6.30. The van der Waals surface area contributed by atoms with Gasteiger partial charge in [-0.2, -0.15) is 0 Å². The Labute approximate surface area is 206 Å². The first kappa shape index (κ1) is 25.3. The fraction of sp³-hybridized carbons (Fsp3) is 0.792. The van der Waals surface area contributed by atoms with Crippen molar-refractivity contribution in [2.24, 2.45) is 11.3 Å². The van der Waals surface area contributed by atoms with Gasteiger partial charge >= 0.3 is 0 Å². The third-order valence-electron chi connectivity index (χ3n) is 9.16. The van der Waals surface area contributed by atoms with Gasteiger partial charge in [0.15, 0.2) is 27.4 Å². The van der Waals surface area contributed by atoms with Crippen LogP contribution in [0.1, 0.15) is 60.4 Å². The van der Waals surface area contributed by atoms with Crippen LogP contribution in [-0.2, 0) is 8.85 Å². The minimum Gasteiger partial charge on any atom is -0.416 e. The highest BCUT2D eigenvalue weighted by Gasteiger charge is 2.69. The largest absolute Gasteiger partial charge is 0.416 e. The summed E-state index contributed by atoms with van der Waals surface area (Å²) < 4.78 is 16.2. The summed E-state index contributed by atoms with van der Waals surface area (Å²) in [4.78, 5) is 13.2. The molecule has 2 aromatic heterocycles. The number of halogens is 1. The van der Waals surface area contributed by atoms with Crippen LogP contribution < -0.4 is 0 Å². The second kappa shape index (κ2) is 7.85. The standard InChI is InChI=1S/C24H41ClN4O2Si2/c1-22(2,3)32(7,8)30-13-24-12-16(24)17(11-18(24)31-33(9,10)23(4,5)6)29-15-28-19-20(25)26-14-27-21(19)29/h14-18H,11-13H2,1-10H3/t16-,17?,18?,24+/m1/s1. The van der Waals surface area contributed by atoms with E-state index in [2.05, 4.69) is 87.2 Å². The average Bonchev–Trinajstić information content (AvgIpc) is 3.11. The molecule has 2 aliphatic rings. The van der Waals surface area contributed by atoms with Gasteiger partial charge in [0.05, 0.1) is 12.4 Å². The van der Waals surface area contributed by atoms with E-state index in [4.69, 9.17) is 20.5 Å². The number of hydrogen-bond donors (Lipinski definition) is 0. The fourth-order valence-electron chi connectivity index (χ4n) is 4.72. The molecule has 0 saturated heterocycles. The summed E-state index contributed by atoms with van der Waals surface area (Å²) in [5.41, 5.74) is 1.57. The third-order valence-corrected chi connectivity index (χ3v) is 18.4. The zero-order valence-electron chi connectivity index (χ0n) is 22.0. The fourth-order valence-corrected chi connectivity index (χ4v) is 7.36.